The second kappa shape index (κ2) is 5.41. The third-order valence-electron chi connectivity index (χ3n) is 2.16. The second-order valence-corrected chi connectivity index (χ2v) is 4.25. The summed E-state index contributed by atoms with van der Waals surface area (Å²) in [5.41, 5.74) is 0.768. The molecule has 0 saturated carbocycles. The Hall–Kier alpha value is -1.94. The maximum Gasteiger partial charge on any atom is 0.288 e. The molecule has 2 aromatic rings. The predicted molar refractivity (Wildman–Crippen MR) is 71.7 cm³/mol. The van der Waals surface area contributed by atoms with Gasteiger partial charge in [0.1, 0.15) is 0 Å². The summed E-state index contributed by atoms with van der Waals surface area (Å²) in [5.74, 6) is -0.107. The Morgan fingerprint density at radius 3 is 2.59 bits per heavy atom. The van der Waals surface area contributed by atoms with Crippen molar-refractivity contribution in [3.8, 4) is 0 Å². The Morgan fingerprint density at radius 1 is 1.24 bits per heavy atom. The largest absolute Gasteiger partial charge is 0.288 e. The number of hydrogen-bond donors (Lipinski definition) is 0. The van der Waals surface area contributed by atoms with Crippen LogP contribution in [0.15, 0.2) is 52.9 Å². The molecule has 0 aliphatic heterocycles. The Kier molecular flexibility index (Phi) is 3.67. The van der Waals surface area contributed by atoms with Crippen molar-refractivity contribution < 1.29 is 4.79 Å². The summed E-state index contributed by atoms with van der Waals surface area (Å²) in [7, 11) is 0. The molecule has 0 radical (unpaired) electrons. The maximum atomic E-state index is 12.2. The van der Waals surface area contributed by atoms with Crippen molar-refractivity contribution in [2.45, 2.75) is 6.92 Å². The molecule has 0 fully saturated rings. The van der Waals surface area contributed by atoms with Gasteiger partial charge in [0.05, 0.1) is 10.6 Å². The molecule has 0 spiro atoms. The second-order valence-electron chi connectivity index (χ2n) is 3.30. The van der Waals surface area contributed by atoms with Crippen molar-refractivity contribution in [2.75, 3.05) is 5.01 Å². The van der Waals surface area contributed by atoms with Gasteiger partial charge in [-0.25, -0.2) is 0 Å². The first-order chi connectivity index (χ1) is 8.33. The molecule has 1 heterocycles. The van der Waals surface area contributed by atoms with Gasteiger partial charge in [0.15, 0.2) is 0 Å². The molecule has 1 aromatic carbocycles. The molecule has 0 N–H and O–H groups in total. The van der Waals surface area contributed by atoms with Crippen molar-refractivity contribution in [3.63, 3.8) is 0 Å². The molecule has 0 unspecified atom stereocenters. The lowest BCUT2D eigenvalue weighted by molar-refractivity contribution is 0.0991. The van der Waals surface area contributed by atoms with Crippen LogP contribution in [0.2, 0.25) is 0 Å². The smallest absolute Gasteiger partial charge is 0.266 e. The van der Waals surface area contributed by atoms with Crippen molar-refractivity contribution in [1.29, 1.82) is 0 Å². The Bertz CT molecular complexity index is 505. The summed E-state index contributed by atoms with van der Waals surface area (Å²) < 4.78 is 0. The molecule has 1 amide bonds. The molecular weight excluding hydrogens is 232 g/mol. The Morgan fingerprint density at radius 2 is 2.00 bits per heavy atom. The highest BCUT2D eigenvalue weighted by molar-refractivity contribution is 7.12. The lowest BCUT2D eigenvalue weighted by atomic mass is 10.3. The zero-order valence-electron chi connectivity index (χ0n) is 9.41. The highest BCUT2D eigenvalue weighted by atomic mass is 32.1. The van der Waals surface area contributed by atoms with E-state index in [9.17, 15) is 4.79 Å². The zero-order valence-corrected chi connectivity index (χ0v) is 10.2. The molecule has 4 heteroatoms. The first-order valence-corrected chi connectivity index (χ1v) is 6.12. The van der Waals surface area contributed by atoms with Crippen LogP contribution < -0.4 is 5.01 Å². The maximum absolute atomic E-state index is 12.2. The monoisotopic (exact) mass is 244 g/mol. The molecular formula is C13H12N2OS. The van der Waals surface area contributed by atoms with E-state index in [1.165, 1.54) is 16.3 Å². The molecule has 17 heavy (non-hydrogen) atoms. The zero-order chi connectivity index (χ0) is 12.1. The van der Waals surface area contributed by atoms with E-state index in [-0.39, 0.29) is 5.91 Å². The summed E-state index contributed by atoms with van der Waals surface area (Å²) in [6.07, 6.45) is 1.61. The van der Waals surface area contributed by atoms with E-state index in [0.717, 1.165) is 5.69 Å². The summed E-state index contributed by atoms with van der Waals surface area (Å²) in [4.78, 5) is 12.9. The third-order valence-corrected chi connectivity index (χ3v) is 3.01. The standard InChI is InChI=1S/C13H12N2OS/c1-2-14-15(11-7-4-3-5-8-11)13(16)12-9-6-10-17-12/h2-10H,1H3. The van der Waals surface area contributed by atoms with E-state index < -0.39 is 0 Å². The van der Waals surface area contributed by atoms with Gasteiger partial charge in [-0.1, -0.05) is 24.3 Å². The van der Waals surface area contributed by atoms with Crippen LogP contribution >= 0.6 is 11.3 Å². The van der Waals surface area contributed by atoms with Gasteiger partial charge in [0, 0.05) is 6.21 Å². The SMILES string of the molecule is CC=NN(C(=O)c1cccs1)c1ccccc1. The van der Waals surface area contributed by atoms with Crippen LogP contribution in [0.5, 0.6) is 0 Å². The van der Waals surface area contributed by atoms with Crippen LogP contribution in [0.3, 0.4) is 0 Å². The lowest BCUT2D eigenvalue weighted by Gasteiger charge is -2.15. The molecule has 2 rings (SSSR count). The number of anilines is 1. The van der Waals surface area contributed by atoms with Gasteiger partial charge < -0.3 is 0 Å². The van der Waals surface area contributed by atoms with Crippen molar-refractivity contribution in [2.24, 2.45) is 5.10 Å². The van der Waals surface area contributed by atoms with E-state index in [4.69, 9.17) is 0 Å². The van der Waals surface area contributed by atoms with E-state index in [1.807, 2.05) is 41.8 Å². The number of benzene rings is 1. The quantitative estimate of drug-likeness (QED) is 0.601. The van der Waals surface area contributed by atoms with E-state index >= 15 is 0 Å². The molecule has 0 saturated heterocycles. The van der Waals surface area contributed by atoms with Gasteiger partial charge in [-0.05, 0) is 30.5 Å². The van der Waals surface area contributed by atoms with Gasteiger partial charge in [0.2, 0.25) is 0 Å². The molecule has 0 atom stereocenters. The first kappa shape index (κ1) is 11.5. The van der Waals surface area contributed by atoms with Crippen LogP contribution in [0, 0.1) is 0 Å². The topological polar surface area (TPSA) is 32.7 Å². The van der Waals surface area contributed by atoms with Crippen molar-refractivity contribution >= 4 is 29.1 Å². The van der Waals surface area contributed by atoms with Gasteiger partial charge >= 0.3 is 0 Å². The number of hydrogen-bond acceptors (Lipinski definition) is 3. The average Bonchev–Trinajstić information content (AvgIpc) is 2.90. The summed E-state index contributed by atoms with van der Waals surface area (Å²) in [5, 5.41) is 7.41. The molecule has 1 aromatic heterocycles. The Balaban J connectivity index is 2.34. The number of carbonyl (C=O) groups is 1. The number of carbonyl (C=O) groups excluding carboxylic acids is 1. The van der Waals surface area contributed by atoms with Crippen LogP contribution in [-0.2, 0) is 0 Å². The van der Waals surface area contributed by atoms with Gasteiger partial charge in [-0.15, -0.1) is 11.3 Å². The van der Waals surface area contributed by atoms with Crippen LogP contribution in [0.25, 0.3) is 0 Å². The van der Waals surface area contributed by atoms with E-state index in [2.05, 4.69) is 5.10 Å². The molecule has 86 valence electrons. The summed E-state index contributed by atoms with van der Waals surface area (Å²) in [6, 6.07) is 13.1. The average molecular weight is 244 g/mol. The molecule has 3 nitrogen and oxygen atoms in total. The fourth-order valence-corrected chi connectivity index (χ4v) is 2.07. The normalized spacial score (nSPS) is 10.6. The number of nitrogens with zero attached hydrogens (tertiary/aromatic N) is 2. The fraction of sp³-hybridized carbons (Fsp3) is 0.0769. The number of hydrazone groups is 1. The van der Waals surface area contributed by atoms with Crippen molar-refractivity contribution in [3.05, 3.63) is 52.7 Å². The summed E-state index contributed by atoms with van der Waals surface area (Å²) in [6.45, 7) is 1.79. The minimum absolute atomic E-state index is 0.107. The number of thiophene rings is 1. The molecule has 0 aliphatic rings. The Labute approximate surface area is 104 Å². The highest BCUT2D eigenvalue weighted by Gasteiger charge is 2.17. The van der Waals surface area contributed by atoms with Gasteiger partial charge in [0.25, 0.3) is 5.91 Å². The van der Waals surface area contributed by atoms with E-state index in [0.29, 0.717) is 4.88 Å². The highest BCUT2D eigenvalue weighted by Crippen LogP contribution is 2.19. The number of rotatable bonds is 3. The minimum atomic E-state index is -0.107. The van der Waals surface area contributed by atoms with Gasteiger partial charge in [-0.3, -0.25) is 4.79 Å². The fourth-order valence-electron chi connectivity index (χ4n) is 1.43. The number of amides is 1. The minimum Gasteiger partial charge on any atom is -0.266 e. The van der Waals surface area contributed by atoms with Crippen molar-refractivity contribution in [1.82, 2.24) is 0 Å². The lowest BCUT2D eigenvalue weighted by Crippen LogP contribution is -2.24. The van der Waals surface area contributed by atoms with Crippen LogP contribution in [0.1, 0.15) is 16.6 Å². The predicted octanol–water partition coefficient (Wildman–Crippen LogP) is 3.40. The van der Waals surface area contributed by atoms with Gasteiger partial charge in [-0.2, -0.15) is 10.1 Å². The number of para-hydroxylation sites is 1. The third kappa shape index (κ3) is 2.60. The van der Waals surface area contributed by atoms with E-state index in [1.54, 1.807) is 19.2 Å². The van der Waals surface area contributed by atoms with Crippen LogP contribution in [-0.4, -0.2) is 12.1 Å². The summed E-state index contributed by atoms with van der Waals surface area (Å²) >= 11 is 1.41. The molecule has 0 aliphatic carbocycles. The molecule has 0 bridgehead atoms. The van der Waals surface area contributed by atoms with Crippen LogP contribution in [0.4, 0.5) is 5.69 Å². The first-order valence-electron chi connectivity index (χ1n) is 5.24.